The summed E-state index contributed by atoms with van der Waals surface area (Å²) in [5, 5.41) is 5.72. The van der Waals surface area contributed by atoms with E-state index in [1.54, 1.807) is 7.11 Å². The van der Waals surface area contributed by atoms with Crippen LogP contribution >= 0.6 is 0 Å². The summed E-state index contributed by atoms with van der Waals surface area (Å²) in [7, 11) is 1.65. The third-order valence-electron chi connectivity index (χ3n) is 1.38. The van der Waals surface area contributed by atoms with Gasteiger partial charge in [0.05, 0.1) is 6.54 Å². The molecule has 0 radical (unpaired) electrons. The van der Waals surface area contributed by atoms with E-state index >= 15 is 0 Å². The first kappa shape index (κ1) is 11.4. The smallest absolute Gasteiger partial charge is 0.233 e. The highest BCUT2D eigenvalue weighted by Gasteiger charge is 1.96. The van der Waals surface area contributed by atoms with E-state index < -0.39 is 0 Å². The van der Waals surface area contributed by atoms with E-state index in [1.807, 2.05) is 6.92 Å². The van der Waals surface area contributed by atoms with Crippen molar-refractivity contribution in [2.75, 3.05) is 33.4 Å². The molecule has 0 aliphatic rings. The van der Waals surface area contributed by atoms with Gasteiger partial charge in [0.25, 0.3) is 0 Å². The fourth-order valence-electron chi connectivity index (χ4n) is 0.745. The zero-order valence-corrected chi connectivity index (χ0v) is 7.85. The van der Waals surface area contributed by atoms with Crippen molar-refractivity contribution in [1.82, 2.24) is 10.6 Å². The van der Waals surface area contributed by atoms with Crippen LogP contribution in [0.4, 0.5) is 0 Å². The van der Waals surface area contributed by atoms with Crippen LogP contribution in [0.1, 0.15) is 13.3 Å². The van der Waals surface area contributed by atoms with E-state index in [0.717, 1.165) is 13.0 Å². The number of hydrogen-bond donors (Lipinski definition) is 2. The van der Waals surface area contributed by atoms with Gasteiger partial charge in [0, 0.05) is 20.3 Å². The van der Waals surface area contributed by atoms with E-state index in [0.29, 0.717) is 19.7 Å². The van der Waals surface area contributed by atoms with Crippen LogP contribution in [0, 0.1) is 0 Å². The van der Waals surface area contributed by atoms with Gasteiger partial charge in [0.2, 0.25) is 5.91 Å². The van der Waals surface area contributed by atoms with Crippen LogP contribution in [0.15, 0.2) is 0 Å². The second kappa shape index (κ2) is 8.49. The number of carbonyl (C=O) groups is 1. The summed E-state index contributed by atoms with van der Waals surface area (Å²) in [5.41, 5.74) is 0. The van der Waals surface area contributed by atoms with Gasteiger partial charge in [-0.1, -0.05) is 6.92 Å². The maximum absolute atomic E-state index is 11.0. The summed E-state index contributed by atoms with van der Waals surface area (Å²) < 4.78 is 4.84. The zero-order chi connectivity index (χ0) is 9.23. The molecule has 0 aromatic carbocycles. The first-order valence-electron chi connectivity index (χ1n) is 4.27. The maximum Gasteiger partial charge on any atom is 0.233 e. The van der Waals surface area contributed by atoms with Crippen LogP contribution in [0.5, 0.6) is 0 Å². The van der Waals surface area contributed by atoms with Crippen molar-refractivity contribution >= 4 is 5.91 Å². The van der Waals surface area contributed by atoms with Crippen molar-refractivity contribution in [2.24, 2.45) is 0 Å². The van der Waals surface area contributed by atoms with E-state index in [9.17, 15) is 4.79 Å². The van der Waals surface area contributed by atoms with Gasteiger partial charge in [-0.25, -0.2) is 0 Å². The van der Waals surface area contributed by atoms with Gasteiger partial charge in [-0.3, -0.25) is 4.79 Å². The second-order valence-corrected chi connectivity index (χ2v) is 2.48. The number of amides is 1. The summed E-state index contributed by atoms with van der Waals surface area (Å²) in [6.45, 7) is 4.59. The number of rotatable bonds is 7. The number of likely N-dealkylation sites (N-methyl/N-ethyl adjacent to an activating group) is 1. The Kier molecular flexibility index (Phi) is 8.05. The van der Waals surface area contributed by atoms with Gasteiger partial charge in [-0.2, -0.15) is 0 Å². The van der Waals surface area contributed by atoms with E-state index in [1.165, 1.54) is 0 Å². The third kappa shape index (κ3) is 7.50. The number of carbonyl (C=O) groups excluding carboxylic acids is 1. The zero-order valence-electron chi connectivity index (χ0n) is 7.85. The Bertz CT molecular complexity index is 118. The molecule has 0 aromatic heterocycles. The van der Waals surface area contributed by atoms with Crippen molar-refractivity contribution in [3.8, 4) is 0 Å². The predicted octanol–water partition coefficient (Wildman–Crippen LogP) is -0.251. The minimum absolute atomic E-state index is 0.0490. The second-order valence-electron chi connectivity index (χ2n) is 2.48. The molecule has 0 saturated heterocycles. The standard InChI is InChI=1S/C8H18N2O2/c1-3-9-7-8(11)10-5-4-6-12-2/h9H,3-7H2,1-2H3,(H,10,11). The maximum atomic E-state index is 11.0. The number of ether oxygens (including phenoxy) is 1. The minimum atomic E-state index is 0.0490. The van der Waals surface area contributed by atoms with Gasteiger partial charge >= 0.3 is 0 Å². The van der Waals surface area contributed by atoms with Crippen molar-refractivity contribution in [3.63, 3.8) is 0 Å². The Balaban J connectivity index is 3.08. The summed E-state index contributed by atoms with van der Waals surface area (Å²) in [5.74, 6) is 0.0490. The first-order chi connectivity index (χ1) is 5.81. The summed E-state index contributed by atoms with van der Waals surface area (Å²) in [6.07, 6.45) is 0.869. The Hall–Kier alpha value is -0.610. The third-order valence-corrected chi connectivity index (χ3v) is 1.38. The number of methoxy groups -OCH3 is 1. The Morgan fingerprint density at radius 1 is 1.50 bits per heavy atom. The molecule has 0 fully saturated rings. The van der Waals surface area contributed by atoms with E-state index in [4.69, 9.17) is 4.74 Å². The van der Waals surface area contributed by atoms with Crippen LogP contribution in [-0.4, -0.2) is 39.3 Å². The predicted molar refractivity (Wildman–Crippen MR) is 48.0 cm³/mol. The SMILES string of the molecule is CCNCC(=O)NCCCOC. The van der Waals surface area contributed by atoms with Crippen LogP contribution in [0.25, 0.3) is 0 Å². The molecule has 1 amide bonds. The highest BCUT2D eigenvalue weighted by Crippen LogP contribution is 1.76. The highest BCUT2D eigenvalue weighted by molar-refractivity contribution is 5.77. The Labute approximate surface area is 73.7 Å². The normalized spacial score (nSPS) is 9.83. The van der Waals surface area contributed by atoms with Crippen molar-refractivity contribution in [3.05, 3.63) is 0 Å². The molecule has 4 nitrogen and oxygen atoms in total. The molecule has 12 heavy (non-hydrogen) atoms. The fourth-order valence-corrected chi connectivity index (χ4v) is 0.745. The molecule has 0 spiro atoms. The molecular formula is C8H18N2O2. The summed E-state index contributed by atoms with van der Waals surface area (Å²) >= 11 is 0. The average molecular weight is 174 g/mol. The lowest BCUT2D eigenvalue weighted by atomic mass is 10.4. The molecule has 0 unspecified atom stereocenters. The molecule has 0 rings (SSSR count). The Morgan fingerprint density at radius 3 is 2.83 bits per heavy atom. The highest BCUT2D eigenvalue weighted by atomic mass is 16.5. The number of hydrogen-bond acceptors (Lipinski definition) is 3. The van der Waals surface area contributed by atoms with Gasteiger partial charge in [-0.05, 0) is 13.0 Å². The largest absolute Gasteiger partial charge is 0.385 e. The van der Waals surface area contributed by atoms with Gasteiger partial charge in [0.1, 0.15) is 0 Å². The lowest BCUT2D eigenvalue weighted by Gasteiger charge is -2.04. The molecule has 4 heteroatoms. The van der Waals surface area contributed by atoms with E-state index in [-0.39, 0.29) is 5.91 Å². The van der Waals surface area contributed by atoms with E-state index in [2.05, 4.69) is 10.6 Å². The summed E-state index contributed by atoms with van der Waals surface area (Å²) in [4.78, 5) is 11.0. The first-order valence-corrected chi connectivity index (χ1v) is 4.27. The minimum Gasteiger partial charge on any atom is -0.385 e. The molecule has 0 bridgehead atoms. The monoisotopic (exact) mass is 174 g/mol. The van der Waals surface area contributed by atoms with Crippen molar-refractivity contribution in [2.45, 2.75) is 13.3 Å². The van der Waals surface area contributed by atoms with Crippen LogP contribution in [0.2, 0.25) is 0 Å². The van der Waals surface area contributed by atoms with Crippen molar-refractivity contribution < 1.29 is 9.53 Å². The molecule has 72 valence electrons. The summed E-state index contributed by atoms with van der Waals surface area (Å²) in [6, 6.07) is 0. The molecule has 0 atom stereocenters. The molecule has 0 heterocycles. The van der Waals surface area contributed by atoms with Gasteiger partial charge in [-0.15, -0.1) is 0 Å². The Morgan fingerprint density at radius 2 is 2.25 bits per heavy atom. The molecule has 0 aliphatic heterocycles. The van der Waals surface area contributed by atoms with Gasteiger partial charge < -0.3 is 15.4 Å². The molecule has 0 aromatic rings. The molecule has 0 saturated carbocycles. The lowest BCUT2D eigenvalue weighted by molar-refractivity contribution is -0.120. The molecule has 2 N–H and O–H groups in total. The fraction of sp³-hybridized carbons (Fsp3) is 0.875. The van der Waals surface area contributed by atoms with Crippen LogP contribution in [-0.2, 0) is 9.53 Å². The van der Waals surface area contributed by atoms with Crippen LogP contribution < -0.4 is 10.6 Å². The topological polar surface area (TPSA) is 50.4 Å². The lowest BCUT2D eigenvalue weighted by Crippen LogP contribution is -2.34. The average Bonchev–Trinajstić information content (AvgIpc) is 2.09. The van der Waals surface area contributed by atoms with Crippen molar-refractivity contribution in [1.29, 1.82) is 0 Å². The quantitative estimate of drug-likeness (QED) is 0.523. The molecule has 0 aliphatic carbocycles. The molecular weight excluding hydrogens is 156 g/mol. The number of nitrogens with one attached hydrogen (secondary N) is 2. The van der Waals surface area contributed by atoms with Gasteiger partial charge in [0.15, 0.2) is 0 Å². The van der Waals surface area contributed by atoms with Crippen LogP contribution in [0.3, 0.4) is 0 Å².